The van der Waals surface area contributed by atoms with E-state index in [1.54, 1.807) is 11.3 Å². The third-order valence-corrected chi connectivity index (χ3v) is 4.21. The van der Waals surface area contributed by atoms with Gasteiger partial charge < -0.3 is 15.2 Å². The van der Waals surface area contributed by atoms with Gasteiger partial charge in [-0.05, 0) is 76.3 Å². The van der Waals surface area contributed by atoms with Crippen molar-refractivity contribution in [1.82, 2.24) is 0 Å². The molecule has 0 amide bonds. The number of hydrogen-bond donors (Lipinski definition) is 1. The van der Waals surface area contributed by atoms with Gasteiger partial charge in [-0.3, -0.25) is 0 Å². The van der Waals surface area contributed by atoms with E-state index in [2.05, 4.69) is 33.4 Å². The van der Waals surface area contributed by atoms with Crippen molar-refractivity contribution in [3.8, 4) is 11.5 Å². The van der Waals surface area contributed by atoms with Crippen molar-refractivity contribution in [2.75, 3.05) is 6.61 Å². The molecule has 1 atom stereocenters. The lowest BCUT2D eigenvalue weighted by atomic mass is 10.1. The summed E-state index contributed by atoms with van der Waals surface area (Å²) in [5.74, 6) is 1.51. The molecule has 1 aromatic heterocycles. The summed E-state index contributed by atoms with van der Waals surface area (Å²) < 4.78 is 12.5. The van der Waals surface area contributed by atoms with Crippen LogP contribution in [0.5, 0.6) is 11.5 Å². The molecular weight excluding hydrogens is 350 g/mol. The highest BCUT2D eigenvalue weighted by Gasteiger charge is 2.13. The Hall–Kier alpha value is -1.04. The van der Waals surface area contributed by atoms with E-state index in [0.717, 1.165) is 33.5 Å². The summed E-state index contributed by atoms with van der Waals surface area (Å²) in [5.41, 5.74) is 8.18. The molecule has 114 valence electrons. The van der Waals surface area contributed by atoms with Crippen LogP contribution < -0.4 is 15.2 Å². The average molecular weight is 370 g/mol. The minimum Gasteiger partial charge on any atom is -0.490 e. The summed E-state index contributed by atoms with van der Waals surface area (Å²) in [4.78, 5) is 0. The van der Waals surface area contributed by atoms with E-state index in [1.165, 1.54) is 0 Å². The Bertz CT molecular complexity index is 570. The summed E-state index contributed by atoms with van der Waals surface area (Å²) in [6.45, 7) is 5.10. The maximum absolute atomic E-state index is 5.93. The fourth-order valence-electron chi connectivity index (χ4n) is 2.04. The first-order chi connectivity index (χ1) is 10.1. The van der Waals surface area contributed by atoms with Crippen LogP contribution in [0.2, 0.25) is 0 Å². The smallest absolute Gasteiger partial charge is 0.175 e. The van der Waals surface area contributed by atoms with Crippen molar-refractivity contribution >= 4 is 27.3 Å². The van der Waals surface area contributed by atoms with Crippen LogP contribution in [0.1, 0.15) is 25.0 Å². The fraction of sp³-hybridized carbons (Fsp3) is 0.375. The number of nitrogens with two attached hydrogens (primary N) is 1. The highest BCUT2D eigenvalue weighted by molar-refractivity contribution is 9.10. The van der Waals surface area contributed by atoms with Gasteiger partial charge in [0.2, 0.25) is 0 Å². The van der Waals surface area contributed by atoms with Gasteiger partial charge in [-0.2, -0.15) is 11.3 Å². The van der Waals surface area contributed by atoms with Crippen LogP contribution in [0.3, 0.4) is 0 Å². The van der Waals surface area contributed by atoms with Crippen molar-refractivity contribution < 1.29 is 9.47 Å². The first-order valence-electron chi connectivity index (χ1n) is 6.94. The zero-order chi connectivity index (χ0) is 15.2. The number of thiophene rings is 1. The maximum atomic E-state index is 5.93. The van der Waals surface area contributed by atoms with Crippen LogP contribution in [-0.2, 0) is 13.0 Å². The van der Waals surface area contributed by atoms with E-state index >= 15 is 0 Å². The molecule has 21 heavy (non-hydrogen) atoms. The molecule has 5 heteroatoms. The first-order valence-corrected chi connectivity index (χ1v) is 8.68. The van der Waals surface area contributed by atoms with Crippen molar-refractivity contribution in [3.05, 3.63) is 44.6 Å². The highest BCUT2D eigenvalue weighted by Crippen LogP contribution is 2.37. The van der Waals surface area contributed by atoms with Crippen molar-refractivity contribution in [2.24, 2.45) is 5.73 Å². The topological polar surface area (TPSA) is 44.5 Å². The quantitative estimate of drug-likeness (QED) is 0.787. The lowest BCUT2D eigenvalue weighted by Crippen LogP contribution is -2.17. The van der Waals surface area contributed by atoms with Crippen LogP contribution in [0.4, 0.5) is 0 Å². The monoisotopic (exact) mass is 369 g/mol. The van der Waals surface area contributed by atoms with E-state index in [-0.39, 0.29) is 6.04 Å². The Morgan fingerprint density at radius 2 is 2.10 bits per heavy atom. The van der Waals surface area contributed by atoms with Crippen molar-refractivity contribution in [1.29, 1.82) is 0 Å². The molecule has 0 aliphatic rings. The van der Waals surface area contributed by atoms with Crippen LogP contribution in [0.15, 0.2) is 33.4 Å². The number of benzene rings is 1. The molecule has 2 rings (SSSR count). The van der Waals surface area contributed by atoms with Crippen molar-refractivity contribution in [2.45, 2.75) is 32.9 Å². The third kappa shape index (κ3) is 4.73. The first kappa shape index (κ1) is 16.3. The molecule has 0 saturated heterocycles. The standard InChI is InChI=1S/C16H20BrNO2S/c1-3-19-15-8-13(6-11(2)18)7-14(17)16(15)20-9-12-4-5-21-10-12/h4-5,7-8,10-11H,3,6,9,18H2,1-2H3. The van der Waals surface area contributed by atoms with Gasteiger partial charge in [0.05, 0.1) is 11.1 Å². The normalized spacial score (nSPS) is 12.2. The van der Waals surface area contributed by atoms with E-state index in [1.807, 2.05) is 25.3 Å². The van der Waals surface area contributed by atoms with Gasteiger partial charge >= 0.3 is 0 Å². The van der Waals surface area contributed by atoms with Crippen LogP contribution in [0.25, 0.3) is 0 Å². The number of ether oxygens (including phenoxy) is 2. The molecule has 0 aliphatic carbocycles. The van der Waals surface area contributed by atoms with Gasteiger partial charge in [-0.15, -0.1) is 0 Å². The summed E-state index contributed by atoms with van der Waals surface area (Å²) in [6, 6.07) is 6.24. The van der Waals surface area contributed by atoms with Crippen molar-refractivity contribution in [3.63, 3.8) is 0 Å². The van der Waals surface area contributed by atoms with Crippen LogP contribution in [-0.4, -0.2) is 12.6 Å². The van der Waals surface area contributed by atoms with Gasteiger partial charge in [0.1, 0.15) is 6.61 Å². The molecule has 0 aliphatic heterocycles. The van der Waals surface area contributed by atoms with E-state index in [0.29, 0.717) is 13.2 Å². The lowest BCUT2D eigenvalue weighted by Gasteiger charge is -2.16. The zero-order valence-electron chi connectivity index (χ0n) is 12.3. The second kappa shape index (κ2) is 7.82. The van der Waals surface area contributed by atoms with Gasteiger partial charge in [-0.25, -0.2) is 0 Å². The summed E-state index contributed by atoms with van der Waals surface area (Å²) in [6.07, 6.45) is 0.809. The Balaban J connectivity index is 2.21. The Morgan fingerprint density at radius 1 is 1.29 bits per heavy atom. The Kier molecular flexibility index (Phi) is 6.08. The van der Waals surface area contributed by atoms with E-state index in [9.17, 15) is 0 Å². The summed E-state index contributed by atoms with van der Waals surface area (Å²) >= 11 is 5.24. The number of hydrogen-bond acceptors (Lipinski definition) is 4. The highest BCUT2D eigenvalue weighted by atomic mass is 79.9. The number of rotatable bonds is 7. The Labute approximate surface area is 138 Å². The molecule has 1 heterocycles. The predicted octanol–water partition coefficient (Wildman–Crippen LogP) is 4.38. The molecule has 0 saturated carbocycles. The third-order valence-electron chi connectivity index (χ3n) is 2.89. The van der Waals surface area contributed by atoms with Gasteiger partial charge in [0.15, 0.2) is 11.5 Å². The molecule has 2 aromatic rings. The second-order valence-corrected chi connectivity index (χ2v) is 6.57. The predicted molar refractivity (Wildman–Crippen MR) is 91.3 cm³/mol. The van der Waals surface area contributed by atoms with Gasteiger partial charge in [0, 0.05) is 6.04 Å². The van der Waals surface area contributed by atoms with E-state index in [4.69, 9.17) is 15.2 Å². The molecule has 0 spiro atoms. The SMILES string of the molecule is CCOc1cc(CC(C)N)cc(Br)c1OCc1ccsc1. The molecule has 1 unspecified atom stereocenters. The zero-order valence-corrected chi connectivity index (χ0v) is 14.7. The van der Waals surface area contributed by atoms with Crippen LogP contribution >= 0.6 is 27.3 Å². The largest absolute Gasteiger partial charge is 0.490 e. The molecule has 1 aromatic carbocycles. The number of halogens is 1. The molecular formula is C16H20BrNO2S. The maximum Gasteiger partial charge on any atom is 0.175 e. The summed E-state index contributed by atoms with van der Waals surface area (Å²) in [5, 5.41) is 4.13. The van der Waals surface area contributed by atoms with Gasteiger partial charge in [0.25, 0.3) is 0 Å². The lowest BCUT2D eigenvalue weighted by molar-refractivity contribution is 0.267. The second-order valence-electron chi connectivity index (χ2n) is 4.94. The van der Waals surface area contributed by atoms with E-state index < -0.39 is 0 Å². The molecule has 0 bridgehead atoms. The van der Waals surface area contributed by atoms with Crippen LogP contribution in [0, 0.1) is 0 Å². The fourth-order valence-corrected chi connectivity index (χ4v) is 3.30. The minimum atomic E-state index is 0.115. The molecule has 0 fully saturated rings. The Morgan fingerprint density at radius 3 is 2.71 bits per heavy atom. The molecule has 3 nitrogen and oxygen atoms in total. The average Bonchev–Trinajstić information content (AvgIpc) is 2.90. The molecule has 0 radical (unpaired) electrons. The molecule has 2 N–H and O–H groups in total. The van der Waals surface area contributed by atoms with Gasteiger partial charge in [-0.1, -0.05) is 0 Å². The summed E-state index contributed by atoms with van der Waals surface area (Å²) in [7, 11) is 0. The minimum absolute atomic E-state index is 0.115.